The summed E-state index contributed by atoms with van der Waals surface area (Å²) in [5.74, 6) is 0.0384. The zero-order valence-electron chi connectivity index (χ0n) is 7.98. The molecular weight excluding hydrogens is 260 g/mol. The molecule has 0 aliphatic carbocycles. The summed E-state index contributed by atoms with van der Waals surface area (Å²) in [5.41, 5.74) is 6.20. The van der Waals surface area contributed by atoms with Crippen LogP contribution in [0.25, 0.3) is 0 Å². The highest BCUT2D eigenvalue weighted by molar-refractivity contribution is 9.10. The van der Waals surface area contributed by atoms with Gasteiger partial charge in [-0.3, -0.25) is 4.79 Å². The van der Waals surface area contributed by atoms with Gasteiger partial charge in [0.15, 0.2) is 0 Å². The van der Waals surface area contributed by atoms with E-state index in [0.29, 0.717) is 23.1 Å². The van der Waals surface area contributed by atoms with Crippen LogP contribution in [0.1, 0.15) is 6.42 Å². The fourth-order valence-electron chi connectivity index (χ4n) is 1.72. The summed E-state index contributed by atoms with van der Waals surface area (Å²) >= 11 is 3.31. The molecule has 1 aliphatic heterocycles. The van der Waals surface area contributed by atoms with Crippen LogP contribution < -0.4 is 10.6 Å². The Morgan fingerprint density at radius 3 is 2.80 bits per heavy atom. The zero-order valence-corrected chi connectivity index (χ0v) is 9.57. The van der Waals surface area contributed by atoms with Crippen molar-refractivity contribution in [3.63, 3.8) is 0 Å². The number of nitrogens with two attached hydrogens (primary N) is 1. The maximum atomic E-state index is 11.6. The first-order chi connectivity index (χ1) is 7.09. The third-order valence-electron chi connectivity index (χ3n) is 2.39. The Morgan fingerprint density at radius 2 is 2.27 bits per heavy atom. The summed E-state index contributed by atoms with van der Waals surface area (Å²) in [4.78, 5) is 13.1. The van der Waals surface area contributed by atoms with E-state index >= 15 is 0 Å². The third-order valence-corrected chi connectivity index (χ3v) is 3.03. The Hall–Kier alpha value is -1.07. The summed E-state index contributed by atoms with van der Waals surface area (Å²) < 4.78 is 0.699. The first kappa shape index (κ1) is 10.4. The van der Waals surface area contributed by atoms with Gasteiger partial charge in [-0.25, -0.2) is 0 Å². The van der Waals surface area contributed by atoms with Crippen LogP contribution in [0.15, 0.2) is 22.7 Å². The van der Waals surface area contributed by atoms with Gasteiger partial charge < -0.3 is 15.7 Å². The van der Waals surface area contributed by atoms with E-state index in [1.54, 1.807) is 18.2 Å². The Kier molecular flexibility index (Phi) is 2.67. The van der Waals surface area contributed by atoms with E-state index in [1.807, 2.05) is 0 Å². The van der Waals surface area contributed by atoms with Crippen LogP contribution >= 0.6 is 15.9 Å². The Morgan fingerprint density at radius 1 is 1.53 bits per heavy atom. The number of hydrogen-bond donors (Lipinski definition) is 2. The monoisotopic (exact) mass is 270 g/mol. The average Bonchev–Trinajstić information content (AvgIpc) is 2.45. The van der Waals surface area contributed by atoms with Gasteiger partial charge in [-0.05, 0) is 28.1 Å². The van der Waals surface area contributed by atoms with Crippen molar-refractivity contribution in [3.8, 4) is 5.75 Å². The fourth-order valence-corrected chi connectivity index (χ4v) is 2.29. The number of carbonyl (C=O) groups excluding carboxylic acids is 1. The molecule has 15 heavy (non-hydrogen) atoms. The highest BCUT2D eigenvalue weighted by Gasteiger charge is 2.30. The molecule has 1 aromatic rings. The molecule has 1 aromatic carbocycles. The molecule has 3 N–H and O–H groups in total. The van der Waals surface area contributed by atoms with Gasteiger partial charge in [-0.2, -0.15) is 0 Å². The second-order valence-corrected chi connectivity index (χ2v) is 4.43. The van der Waals surface area contributed by atoms with E-state index in [9.17, 15) is 9.90 Å². The van der Waals surface area contributed by atoms with E-state index in [2.05, 4.69) is 15.9 Å². The van der Waals surface area contributed by atoms with Crippen LogP contribution in [-0.4, -0.2) is 23.6 Å². The van der Waals surface area contributed by atoms with Crippen molar-refractivity contribution < 1.29 is 9.90 Å². The van der Waals surface area contributed by atoms with E-state index in [0.717, 1.165) is 0 Å². The molecule has 1 fully saturated rings. The van der Waals surface area contributed by atoms with Gasteiger partial charge in [0.2, 0.25) is 5.91 Å². The Labute approximate surface area is 95.8 Å². The number of amides is 1. The minimum Gasteiger partial charge on any atom is -0.506 e. The summed E-state index contributed by atoms with van der Waals surface area (Å²) in [6, 6.07) is 4.90. The first-order valence-electron chi connectivity index (χ1n) is 4.63. The Balaban J connectivity index is 2.41. The van der Waals surface area contributed by atoms with Crippen molar-refractivity contribution in [1.82, 2.24) is 0 Å². The number of para-hydroxylation sites is 1. The molecule has 1 heterocycles. The minimum absolute atomic E-state index is 0.0512. The molecule has 0 saturated carbocycles. The lowest BCUT2D eigenvalue weighted by Crippen LogP contribution is -2.28. The highest BCUT2D eigenvalue weighted by Crippen LogP contribution is 2.36. The van der Waals surface area contributed by atoms with E-state index in [1.165, 1.54) is 4.90 Å². The number of phenols is 1. The maximum absolute atomic E-state index is 11.6. The summed E-state index contributed by atoms with van der Waals surface area (Å²) in [5, 5.41) is 9.69. The molecule has 80 valence electrons. The summed E-state index contributed by atoms with van der Waals surface area (Å²) in [7, 11) is 0. The van der Waals surface area contributed by atoms with Crippen LogP contribution in [0.4, 0.5) is 5.69 Å². The van der Waals surface area contributed by atoms with Crippen LogP contribution in [0, 0.1) is 0 Å². The van der Waals surface area contributed by atoms with Crippen molar-refractivity contribution in [1.29, 1.82) is 0 Å². The lowest BCUT2D eigenvalue weighted by atomic mass is 10.2. The van der Waals surface area contributed by atoms with Crippen molar-refractivity contribution in [3.05, 3.63) is 22.7 Å². The fraction of sp³-hybridized carbons (Fsp3) is 0.300. The van der Waals surface area contributed by atoms with Crippen molar-refractivity contribution in [2.75, 3.05) is 11.4 Å². The Bertz CT molecular complexity index is 388. The van der Waals surface area contributed by atoms with Crippen molar-refractivity contribution in [2.24, 2.45) is 5.73 Å². The second-order valence-electron chi connectivity index (χ2n) is 3.58. The number of benzene rings is 1. The van der Waals surface area contributed by atoms with Crippen LogP contribution in [0.5, 0.6) is 5.75 Å². The normalized spacial score (nSPS) is 21.1. The van der Waals surface area contributed by atoms with Gasteiger partial charge in [0.1, 0.15) is 11.4 Å². The molecule has 5 heteroatoms. The molecule has 1 unspecified atom stereocenters. The predicted molar refractivity (Wildman–Crippen MR) is 60.8 cm³/mol. The zero-order chi connectivity index (χ0) is 11.0. The van der Waals surface area contributed by atoms with Gasteiger partial charge in [0.05, 0.1) is 0 Å². The van der Waals surface area contributed by atoms with Gasteiger partial charge in [0.25, 0.3) is 0 Å². The number of phenolic OH excluding ortho intramolecular Hbond substituents is 1. The van der Waals surface area contributed by atoms with E-state index in [4.69, 9.17) is 5.73 Å². The summed E-state index contributed by atoms with van der Waals surface area (Å²) in [6.07, 6.45) is 0.334. The number of carbonyl (C=O) groups is 1. The lowest BCUT2D eigenvalue weighted by molar-refractivity contribution is -0.117. The number of rotatable bonds is 1. The molecule has 1 aliphatic rings. The SMILES string of the molecule is NC1CC(=O)N(c2c(O)cccc2Br)C1. The van der Waals surface area contributed by atoms with Crippen LogP contribution in [0.3, 0.4) is 0 Å². The molecule has 1 amide bonds. The highest BCUT2D eigenvalue weighted by atomic mass is 79.9. The smallest absolute Gasteiger partial charge is 0.228 e. The van der Waals surface area contributed by atoms with Gasteiger partial charge in [-0.1, -0.05) is 6.07 Å². The third kappa shape index (κ3) is 1.85. The number of anilines is 1. The molecular formula is C10H11BrN2O2. The topological polar surface area (TPSA) is 66.6 Å². The van der Waals surface area contributed by atoms with Gasteiger partial charge in [0, 0.05) is 23.5 Å². The average molecular weight is 271 g/mol. The molecule has 1 saturated heterocycles. The second kappa shape index (κ2) is 3.83. The molecule has 0 aromatic heterocycles. The lowest BCUT2D eigenvalue weighted by Gasteiger charge is -2.18. The molecule has 0 spiro atoms. The van der Waals surface area contributed by atoms with E-state index < -0.39 is 0 Å². The molecule has 0 bridgehead atoms. The predicted octanol–water partition coefficient (Wildman–Crippen LogP) is 1.22. The number of nitrogens with zero attached hydrogens (tertiary/aromatic N) is 1. The van der Waals surface area contributed by atoms with Crippen molar-refractivity contribution in [2.45, 2.75) is 12.5 Å². The standard InChI is InChI=1S/C10H11BrN2O2/c11-7-2-1-3-8(14)10(7)13-5-6(12)4-9(13)15/h1-3,6,14H,4-5,12H2. The van der Waals surface area contributed by atoms with E-state index in [-0.39, 0.29) is 17.7 Å². The largest absolute Gasteiger partial charge is 0.506 e. The number of halogens is 1. The quantitative estimate of drug-likeness (QED) is 0.807. The van der Waals surface area contributed by atoms with Crippen LogP contribution in [0.2, 0.25) is 0 Å². The minimum atomic E-state index is -0.149. The number of aromatic hydroxyl groups is 1. The van der Waals surface area contributed by atoms with Crippen molar-refractivity contribution >= 4 is 27.5 Å². The summed E-state index contributed by atoms with van der Waals surface area (Å²) in [6.45, 7) is 0.453. The first-order valence-corrected chi connectivity index (χ1v) is 5.42. The molecule has 1 atom stereocenters. The maximum Gasteiger partial charge on any atom is 0.228 e. The van der Waals surface area contributed by atoms with Gasteiger partial charge in [-0.15, -0.1) is 0 Å². The molecule has 2 rings (SSSR count). The molecule has 4 nitrogen and oxygen atoms in total. The molecule has 0 radical (unpaired) electrons. The van der Waals surface area contributed by atoms with Gasteiger partial charge >= 0.3 is 0 Å². The number of hydrogen-bond acceptors (Lipinski definition) is 3. The van der Waals surface area contributed by atoms with Crippen LogP contribution in [-0.2, 0) is 4.79 Å².